The van der Waals surface area contributed by atoms with Gasteiger partial charge in [-0.3, -0.25) is 9.59 Å². The number of hydrogen-bond donors (Lipinski definition) is 2. The van der Waals surface area contributed by atoms with Crippen LogP contribution >= 0.6 is 0 Å². The van der Waals surface area contributed by atoms with E-state index in [9.17, 15) is 9.59 Å². The summed E-state index contributed by atoms with van der Waals surface area (Å²) in [4.78, 5) is 42.0. The first-order valence-electron chi connectivity index (χ1n) is 14.3. The summed E-state index contributed by atoms with van der Waals surface area (Å²) >= 11 is 0. The summed E-state index contributed by atoms with van der Waals surface area (Å²) < 4.78 is 5.64. The van der Waals surface area contributed by atoms with Crippen LogP contribution in [0.3, 0.4) is 0 Å². The van der Waals surface area contributed by atoms with Crippen LogP contribution in [-0.2, 0) is 4.79 Å². The van der Waals surface area contributed by atoms with E-state index in [-0.39, 0.29) is 22.6 Å². The number of carbonyl (C=O) groups excluding carboxylic acids is 2. The molecule has 0 atom stereocenters. The molecule has 1 aromatic carbocycles. The Labute approximate surface area is 237 Å². The number of hydrogen-bond acceptors (Lipinski definition) is 8. The number of anilines is 4. The molecule has 1 aromatic heterocycles. The van der Waals surface area contributed by atoms with Crippen molar-refractivity contribution in [1.82, 2.24) is 20.2 Å². The molecule has 216 valence electrons. The first-order valence-corrected chi connectivity index (χ1v) is 14.3. The maximum Gasteiger partial charge on any atom is 0.251 e. The Kier molecular flexibility index (Phi) is 7.65. The van der Waals surface area contributed by atoms with Crippen molar-refractivity contribution in [2.24, 2.45) is 10.8 Å². The highest BCUT2D eigenvalue weighted by molar-refractivity contribution is 6.03. The number of ether oxygens (including phenoxy) is 1. The van der Waals surface area contributed by atoms with Crippen LogP contribution in [0.5, 0.6) is 5.75 Å². The number of carbonyl (C=O) groups is 2. The van der Waals surface area contributed by atoms with E-state index >= 15 is 0 Å². The summed E-state index contributed by atoms with van der Waals surface area (Å²) in [5, 5.41) is 6.35. The predicted octanol–water partition coefficient (Wildman–Crippen LogP) is 4.05. The van der Waals surface area contributed by atoms with Crippen LogP contribution in [-0.4, -0.2) is 80.6 Å². The second-order valence-electron chi connectivity index (χ2n) is 12.7. The minimum atomic E-state index is -0.299. The molecule has 1 aliphatic heterocycles. The average molecular weight is 550 g/mol. The zero-order valence-corrected chi connectivity index (χ0v) is 24.7. The molecular weight excluding hydrogens is 506 g/mol. The monoisotopic (exact) mass is 549 g/mol. The van der Waals surface area contributed by atoms with E-state index in [1.165, 1.54) is 12.8 Å². The van der Waals surface area contributed by atoms with Gasteiger partial charge in [-0.05, 0) is 63.4 Å². The zero-order chi connectivity index (χ0) is 28.7. The fraction of sp³-hybridized carbons (Fsp3) is 0.600. The molecule has 0 radical (unpaired) electrons. The minimum Gasteiger partial charge on any atom is -0.495 e. The van der Waals surface area contributed by atoms with Gasteiger partial charge in [-0.15, -0.1) is 0 Å². The Balaban J connectivity index is 1.37. The molecule has 10 heteroatoms. The molecule has 0 unspecified atom stereocenters. The summed E-state index contributed by atoms with van der Waals surface area (Å²) in [6, 6.07) is 5.70. The van der Waals surface area contributed by atoms with Crippen LogP contribution in [0.4, 0.5) is 23.1 Å². The van der Waals surface area contributed by atoms with Gasteiger partial charge in [0.15, 0.2) is 5.82 Å². The van der Waals surface area contributed by atoms with E-state index < -0.39 is 0 Å². The average Bonchev–Trinajstić information content (AvgIpc) is 3.52. The van der Waals surface area contributed by atoms with Gasteiger partial charge in [0, 0.05) is 38.3 Å². The molecule has 0 saturated heterocycles. The van der Waals surface area contributed by atoms with Gasteiger partial charge in [-0.2, -0.15) is 4.98 Å². The molecule has 2 N–H and O–H groups in total. The van der Waals surface area contributed by atoms with Gasteiger partial charge < -0.3 is 30.1 Å². The summed E-state index contributed by atoms with van der Waals surface area (Å²) in [7, 11) is 7.48. The van der Waals surface area contributed by atoms with Crippen LogP contribution in [0.15, 0.2) is 24.4 Å². The van der Waals surface area contributed by atoms with Gasteiger partial charge in [-0.1, -0.05) is 26.7 Å². The van der Waals surface area contributed by atoms with Gasteiger partial charge in [0.25, 0.3) is 5.91 Å². The van der Waals surface area contributed by atoms with Crippen molar-refractivity contribution in [3.8, 4) is 5.75 Å². The summed E-state index contributed by atoms with van der Waals surface area (Å²) in [5.41, 5.74) is 1.58. The highest BCUT2D eigenvalue weighted by Crippen LogP contribution is 2.52. The van der Waals surface area contributed by atoms with Crippen LogP contribution in [0, 0.1) is 10.8 Å². The third-order valence-electron chi connectivity index (χ3n) is 8.42. The number of methoxy groups -OCH3 is 1. The quantitative estimate of drug-likeness (QED) is 0.483. The topological polar surface area (TPSA) is 103 Å². The lowest BCUT2D eigenvalue weighted by atomic mass is 9.93. The van der Waals surface area contributed by atoms with Gasteiger partial charge in [-0.25, -0.2) is 4.98 Å². The molecule has 3 aliphatic rings. The van der Waals surface area contributed by atoms with E-state index in [0.29, 0.717) is 42.1 Å². The van der Waals surface area contributed by atoms with Gasteiger partial charge >= 0.3 is 0 Å². The van der Waals surface area contributed by atoms with E-state index in [1.807, 2.05) is 27.2 Å². The third kappa shape index (κ3) is 5.73. The maximum atomic E-state index is 13.3. The second-order valence-corrected chi connectivity index (χ2v) is 12.7. The number of rotatable bonds is 9. The molecule has 2 aromatic rings. The second kappa shape index (κ2) is 10.9. The van der Waals surface area contributed by atoms with Crippen LogP contribution in [0.2, 0.25) is 0 Å². The van der Waals surface area contributed by atoms with E-state index in [1.54, 1.807) is 30.3 Å². The Bertz CT molecular complexity index is 1270. The number of aromatic nitrogens is 2. The molecule has 2 amide bonds. The largest absolute Gasteiger partial charge is 0.495 e. The number of benzene rings is 1. The standard InChI is InChI=1S/C30H43N7O3/c1-29(2,18-35(3)4)17-32-26(38)20-11-12-22(24(15-20)40-6)33-28-31-16-23-25(34-28)37(21-9-7-8-10-21)19-30(13-14-30)27(39)36(23)5/h11-12,15-16,21H,7-10,13-14,17-19H2,1-6H3,(H,32,38)(H,31,33,34). The molecule has 2 aliphatic carbocycles. The molecule has 1 spiro atoms. The Morgan fingerprint density at radius 2 is 1.95 bits per heavy atom. The summed E-state index contributed by atoms with van der Waals surface area (Å²) in [6.07, 6.45) is 8.23. The van der Waals surface area contributed by atoms with Crippen molar-refractivity contribution in [2.75, 3.05) is 63.0 Å². The first-order chi connectivity index (χ1) is 19.0. The third-order valence-corrected chi connectivity index (χ3v) is 8.42. The highest BCUT2D eigenvalue weighted by Gasteiger charge is 2.55. The lowest BCUT2D eigenvalue weighted by Crippen LogP contribution is -2.41. The summed E-state index contributed by atoms with van der Waals surface area (Å²) in [6.45, 7) is 6.40. The molecule has 10 nitrogen and oxygen atoms in total. The van der Waals surface area contributed by atoms with Crippen LogP contribution < -0.4 is 25.2 Å². The molecule has 5 rings (SSSR count). The molecule has 2 fully saturated rings. The van der Waals surface area contributed by atoms with Gasteiger partial charge in [0.05, 0.1) is 24.4 Å². The van der Waals surface area contributed by atoms with Crippen molar-refractivity contribution in [2.45, 2.75) is 58.4 Å². The zero-order valence-electron chi connectivity index (χ0n) is 24.7. The minimum absolute atomic E-state index is 0.0579. The van der Waals surface area contributed by atoms with E-state index in [2.05, 4.69) is 39.3 Å². The van der Waals surface area contributed by atoms with Crippen LogP contribution in [0.25, 0.3) is 0 Å². The fourth-order valence-corrected chi connectivity index (χ4v) is 6.24. The summed E-state index contributed by atoms with van der Waals surface area (Å²) in [5.74, 6) is 1.77. The van der Waals surface area contributed by atoms with Gasteiger partial charge in [0.2, 0.25) is 11.9 Å². The van der Waals surface area contributed by atoms with Crippen LogP contribution in [0.1, 0.15) is 62.7 Å². The number of nitrogens with zero attached hydrogens (tertiary/aromatic N) is 5. The number of nitrogens with one attached hydrogen (secondary N) is 2. The Morgan fingerprint density at radius 1 is 1.23 bits per heavy atom. The maximum absolute atomic E-state index is 13.3. The van der Waals surface area contributed by atoms with Crippen molar-refractivity contribution >= 4 is 35.0 Å². The SMILES string of the molecule is COc1cc(C(=O)NCC(C)(C)CN(C)C)ccc1Nc1ncc2c(n1)N(C1CCCC1)CC1(CC1)C(=O)N2C. The van der Waals surface area contributed by atoms with E-state index in [0.717, 1.165) is 43.7 Å². The van der Waals surface area contributed by atoms with Crippen molar-refractivity contribution in [3.63, 3.8) is 0 Å². The lowest BCUT2D eigenvalue weighted by Gasteiger charge is -2.31. The van der Waals surface area contributed by atoms with Crippen molar-refractivity contribution in [1.29, 1.82) is 0 Å². The Morgan fingerprint density at radius 3 is 2.60 bits per heavy atom. The van der Waals surface area contributed by atoms with Gasteiger partial charge in [0.1, 0.15) is 11.4 Å². The lowest BCUT2D eigenvalue weighted by molar-refractivity contribution is -0.122. The number of fused-ring (bicyclic) bond motifs is 1. The highest BCUT2D eigenvalue weighted by atomic mass is 16.5. The predicted molar refractivity (Wildman–Crippen MR) is 158 cm³/mol. The molecule has 40 heavy (non-hydrogen) atoms. The van der Waals surface area contributed by atoms with Crippen molar-refractivity contribution < 1.29 is 14.3 Å². The first kappa shape index (κ1) is 28.1. The smallest absolute Gasteiger partial charge is 0.251 e. The number of amides is 2. The molecule has 2 saturated carbocycles. The van der Waals surface area contributed by atoms with E-state index in [4.69, 9.17) is 9.72 Å². The molecule has 0 bridgehead atoms. The normalized spacial score (nSPS) is 18.6. The van der Waals surface area contributed by atoms with Crippen molar-refractivity contribution in [3.05, 3.63) is 30.0 Å². The fourth-order valence-electron chi connectivity index (χ4n) is 6.24. The molecule has 2 heterocycles. The molecular formula is C30H43N7O3. The Hall–Kier alpha value is -3.40.